The third-order valence-corrected chi connectivity index (χ3v) is 2.50. The van der Waals surface area contributed by atoms with Crippen molar-refractivity contribution in [1.82, 2.24) is 15.3 Å². The van der Waals surface area contributed by atoms with Crippen molar-refractivity contribution in [3.63, 3.8) is 0 Å². The lowest BCUT2D eigenvalue weighted by molar-refractivity contribution is 0.378. The van der Waals surface area contributed by atoms with Gasteiger partial charge in [0.25, 0.3) is 0 Å². The third-order valence-electron chi connectivity index (χ3n) is 2.50. The minimum absolute atomic E-state index is 0.0467. The van der Waals surface area contributed by atoms with Crippen molar-refractivity contribution in [1.29, 1.82) is 0 Å². The molecule has 1 N–H and O–H groups in total. The summed E-state index contributed by atoms with van der Waals surface area (Å²) in [5.74, 6) is 1.73. The molecule has 2 aromatic heterocycles. The molecule has 5 nitrogen and oxygen atoms in total. The normalized spacial score (nSPS) is 12.4. The first-order chi connectivity index (χ1) is 8.24. The molecule has 1 unspecified atom stereocenters. The van der Waals surface area contributed by atoms with E-state index in [-0.39, 0.29) is 6.04 Å². The van der Waals surface area contributed by atoms with Gasteiger partial charge in [0.2, 0.25) is 0 Å². The van der Waals surface area contributed by atoms with E-state index in [0.29, 0.717) is 6.01 Å². The lowest BCUT2D eigenvalue weighted by Crippen LogP contribution is -2.17. The van der Waals surface area contributed by atoms with Gasteiger partial charge < -0.3 is 14.5 Å². The molecule has 0 amide bonds. The van der Waals surface area contributed by atoms with Crippen LogP contribution in [0.2, 0.25) is 0 Å². The van der Waals surface area contributed by atoms with E-state index in [0.717, 1.165) is 17.1 Å². The highest BCUT2D eigenvalue weighted by molar-refractivity contribution is 5.23. The maximum Gasteiger partial charge on any atom is 0.316 e. The number of aromatic nitrogens is 2. The summed E-state index contributed by atoms with van der Waals surface area (Å²) >= 11 is 0. The molecule has 0 aliphatic heterocycles. The van der Waals surface area contributed by atoms with Gasteiger partial charge in [-0.1, -0.05) is 0 Å². The van der Waals surface area contributed by atoms with Gasteiger partial charge in [-0.2, -0.15) is 0 Å². The smallest absolute Gasteiger partial charge is 0.316 e. The second kappa shape index (κ2) is 4.97. The van der Waals surface area contributed by atoms with Gasteiger partial charge in [0, 0.05) is 18.0 Å². The SMILES string of the molecule is CNC(c1cnc(OC)nc1)c1ccc(C)o1. The highest BCUT2D eigenvalue weighted by Crippen LogP contribution is 2.22. The van der Waals surface area contributed by atoms with Gasteiger partial charge in [-0.05, 0) is 26.1 Å². The molecule has 0 saturated heterocycles. The van der Waals surface area contributed by atoms with Gasteiger partial charge in [-0.25, -0.2) is 9.97 Å². The number of rotatable bonds is 4. The zero-order chi connectivity index (χ0) is 12.3. The molecule has 0 bridgehead atoms. The molecular formula is C12H15N3O2. The van der Waals surface area contributed by atoms with Gasteiger partial charge in [0.15, 0.2) is 0 Å². The summed E-state index contributed by atoms with van der Waals surface area (Å²) in [5.41, 5.74) is 0.933. The van der Waals surface area contributed by atoms with Crippen molar-refractivity contribution in [3.05, 3.63) is 41.6 Å². The van der Waals surface area contributed by atoms with E-state index in [1.54, 1.807) is 19.5 Å². The van der Waals surface area contributed by atoms with Crippen molar-refractivity contribution in [2.75, 3.05) is 14.2 Å². The van der Waals surface area contributed by atoms with Crippen LogP contribution < -0.4 is 10.1 Å². The number of ether oxygens (including phenoxy) is 1. The Kier molecular flexibility index (Phi) is 3.39. The fourth-order valence-corrected chi connectivity index (χ4v) is 1.66. The second-order valence-corrected chi connectivity index (χ2v) is 3.67. The Hall–Kier alpha value is -1.88. The van der Waals surface area contributed by atoms with Gasteiger partial charge in [-0.15, -0.1) is 0 Å². The number of nitrogens with one attached hydrogen (secondary N) is 1. The number of hydrogen-bond acceptors (Lipinski definition) is 5. The molecule has 90 valence electrons. The molecule has 5 heteroatoms. The highest BCUT2D eigenvalue weighted by atomic mass is 16.5. The molecule has 2 heterocycles. The number of methoxy groups -OCH3 is 1. The number of hydrogen-bond donors (Lipinski definition) is 1. The summed E-state index contributed by atoms with van der Waals surface area (Å²) in [6.07, 6.45) is 3.45. The Labute approximate surface area is 99.8 Å². The van der Waals surface area contributed by atoms with Crippen LogP contribution in [0, 0.1) is 6.92 Å². The zero-order valence-corrected chi connectivity index (χ0v) is 10.1. The Morgan fingerprint density at radius 2 is 2.00 bits per heavy atom. The van der Waals surface area contributed by atoms with Crippen LogP contribution in [-0.2, 0) is 0 Å². The predicted molar refractivity (Wildman–Crippen MR) is 62.9 cm³/mol. The first kappa shape index (κ1) is 11.6. The highest BCUT2D eigenvalue weighted by Gasteiger charge is 2.16. The molecule has 0 fully saturated rings. The molecular weight excluding hydrogens is 218 g/mol. The van der Waals surface area contributed by atoms with Crippen LogP contribution in [0.25, 0.3) is 0 Å². The van der Waals surface area contributed by atoms with Crippen LogP contribution >= 0.6 is 0 Å². The van der Waals surface area contributed by atoms with Crippen LogP contribution in [0.1, 0.15) is 23.1 Å². The molecule has 1 atom stereocenters. The summed E-state index contributed by atoms with van der Waals surface area (Å²) in [5, 5.41) is 3.17. The molecule has 0 aromatic carbocycles. The van der Waals surface area contributed by atoms with Crippen molar-refractivity contribution in [2.45, 2.75) is 13.0 Å². The van der Waals surface area contributed by atoms with E-state index < -0.39 is 0 Å². The Bertz CT molecular complexity index is 479. The van der Waals surface area contributed by atoms with E-state index >= 15 is 0 Å². The molecule has 0 radical (unpaired) electrons. The summed E-state index contributed by atoms with van der Waals surface area (Å²) in [7, 11) is 3.41. The minimum atomic E-state index is -0.0467. The molecule has 17 heavy (non-hydrogen) atoms. The van der Waals surface area contributed by atoms with Gasteiger partial charge in [0.05, 0.1) is 13.2 Å². The first-order valence-electron chi connectivity index (χ1n) is 5.34. The molecule has 0 aliphatic carbocycles. The molecule has 2 rings (SSSR count). The molecule has 0 saturated carbocycles. The van der Waals surface area contributed by atoms with Crippen molar-refractivity contribution < 1.29 is 9.15 Å². The van der Waals surface area contributed by atoms with Crippen molar-refractivity contribution >= 4 is 0 Å². The lowest BCUT2D eigenvalue weighted by atomic mass is 10.1. The predicted octanol–water partition coefficient (Wildman–Crippen LogP) is 1.70. The fraction of sp³-hybridized carbons (Fsp3) is 0.333. The summed E-state index contributed by atoms with van der Waals surface area (Å²) in [6.45, 7) is 1.92. The molecule has 2 aromatic rings. The summed E-state index contributed by atoms with van der Waals surface area (Å²) < 4.78 is 10.5. The van der Waals surface area contributed by atoms with E-state index in [9.17, 15) is 0 Å². The number of furan rings is 1. The zero-order valence-electron chi connectivity index (χ0n) is 10.1. The van der Waals surface area contributed by atoms with Crippen molar-refractivity contribution in [3.8, 4) is 6.01 Å². The summed E-state index contributed by atoms with van der Waals surface area (Å²) in [4.78, 5) is 8.17. The fourth-order valence-electron chi connectivity index (χ4n) is 1.66. The van der Waals surface area contributed by atoms with Crippen LogP contribution in [-0.4, -0.2) is 24.1 Å². The second-order valence-electron chi connectivity index (χ2n) is 3.67. The quantitative estimate of drug-likeness (QED) is 0.870. The first-order valence-corrected chi connectivity index (χ1v) is 5.34. The number of nitrogens with zero attached hydrogens (tertiary/aromatic N) is 2. The van der Waals surface area contributed by atoms with Gasteiger partial charge >= 0.3 is 6.01 Å². The largest absolute Gasteiger partial charge is 0.467 e. The van der Waals surface area contributed by atoms with Crippen LogP contribution in [0.4, 0.5) is 0 Å². The van der Waals surface area contributed by atoms with Gasteiger partial charge in [0.1, 0.15) is 11.5 Å². The summed E-state index contributed by atoms with van der Waals surface area (Å²) in [6, 6.07) is 4.19. The number of aryl methyl sites for hydroxylation is 1. The van der Waals surface area contributed by atoms with E-state index in [2.05, 4.69) is 15.3 Å². The monoisotopic (exact) mass is 233 g/mol. The Morgan fingerprint density at radius 3 is 2.47 bits per heavy atom. The average Bonchev–Trinajstić information content (AvgIpc) is 2.78. The average molecular weight is 233 g/mol. The minimum Gasteiger partial charge on any atom is -0.467 e. The van der Waals surface area contributed by atoms with Crippen LogP contribution in [0.5, 0.6) is 6.01 Å². The van der Waals surface area contributed by atoms with Crippen molar-refractivity contribution in [2.24, 2.45) is 0 Å². The van der Waals surface area contributed by atoms with E-state index in [1.807, 2.05) is 26.1 Å². The Morgan fingerprint density at radius 1 is 1.29 bits per heavy atom. The maximum atomic E-state index is 5.60. The third kappa shape index (κ3) is 2.45. The van der Waals surface area contributed by atoms with Gasteiger partial charge in [-0.3, -0.25) is 0 Å². The maximum absolute atomic E-state index is 5.60. The van der Waals surface area contributed by atoms with Crippen LogP contribution in [0.3, 0.4) is 0 Å². The molecule has 0 aliphatic rings. The topological polar surface area (TPSA) is 60.2 Å². The standard InChI is InChI=1S/C12H15N3O2/c1-8-4-5-10(17-8)11(13-2)9-6-14-12(16-3)15-7-9/h4-7,11,13H,1-3H3. The molecule has 0 spiro atoms. The van der Waals surface area contributed by atoms with E-state index in [4.69, 9.17) is 9.15 Å². The lowest BCUT2D eigenvalue weighted by Gasteiger charge is -2.13. The van der Waals surface area contributed by atoms with E-state index in [1.165, 1.54) is 0 Å². The van der Waals surface area contributed by atoms with Crippen LogP contribution in [0.15, 0.2) is 28.9 Å². The Balaban J connectivity index is 2.28.